The lowest BCUT2D eigenvalue weighted by molar-refractivity contribution is -0.118. The lowest BCUT2D eigenvalue weighted by Gasteiger charge is -2.24. The standard InChI is InChI=1S/C22H24ClN3O3S.ClH/c1-3-25(4-2)9-10-26(22-24-17-7-6-16(23)13-20(17)30-22)21(27)12-15-5-8-18-19(11-15)29-14-28-18;/h5-8,11,13H,3-4,9-10,12,14H2,1-2H3;1H. The van der Waals surface area contributed by atoms with E-state index < -0.39 is 0 Å². The van der Waals surface area contributed by atoms with Crippen LogP contribution in [-0.2, 0) is 11.2 Å². The normalized spacial score (nSPS) is 12.3. The van der Waals surface area contributed by atoms with Crippen LogP contribution >= 0.6 is 35.3 Å². The predicted octanol–water partition coefficient (Wildman–Crippen LogP) is 5.02. The number of amides is 1. The summed E-state index contributed by atoms with van der Waals surface area (Å²) in [6, 6.07) is 11.2. The number of likely N-dealkylation sites (N-methyl/N-ethyl adjacent to an activating group) is 1. The van der Waals surface area contributed by atoms with Crippen LogP contribution in [0.5, 0.6) is 11.5 Å². The molecule has 9 heteroatoms. The number of fused-ring (bicyclic) bond motifs is 2. The van der Waals surface area contributed by atoms with Crippen LogP contribution in [0.4, 0.5) is 5.13 Å². The van der Waals surface area contributed by atoms with Gasteiger partial charge in [-0.25, -0.2) is 4.98 Å². The average Bonchev–Trinajstić information content (AvgIpc) is 3.37. The Balaban J connectivity index is 0.00000272. The molecule has 0 fully saturated rings. The summed E-state index contributed by atoms with van der Waals surface area (Å²) < 4.78 is 11.8. The number of aromatic nitrogens is 1. The number of halogens is 2. The third-order valence-corrected chi connectivity index (χ3v) is 6.47. The Morgan fingerprint density at radius 1 is 1.10 bits per heavy atom. The summed E-state index contributed by atoms with van der Waals surface area (Å²) in [4.78, 5) is 22.1. The van der Waals surface area contributed by atoms with Gasteiger partial charge in [0.25, 0.3) is 0 Å². The minimum absolute atomic E-state index is 0. The number of carbonyl (C=O) groups is 1. The summed E-state index contributed by atoms with van der Waals surface area (Å²) in [6.45, 7) is 7.72. The largest absolute Gasteiger partial charge is 0.454 e. The van der Waals surface area contributed by atoms with Gasteiger partial charge >= 0.3 is 0 Å². The molecule has 1 aliphatic heterocycles. The van der Waals surface area contributed by atoms with Crippen LogP contribution in [0, 0.1) is 0 Å². The van der Waals surface area contributed by atoms with E-state index in [1.165, 1.54) is 11.3 Å². The Kier molecular flexibility index (Phi) is 8.00. The molecule has 0 spiro atoms. The Morgan fingerprint density at radius 3 is 2.65 bits per heavy atom. The molecule has 1 aliphatic rings. The second kappa shape index (κ2) is 10.5. The number of anilines is 1. The second-order valence-electron chi connectivity index (χ2n) is 7.05. The summed E-state index contributed by atoms with van der Waals surface area (Å²) in [7, 11) is 0. The van der Waals surface area contributed by atoms with Crippen LogP contribution < -0.4 is 14.4 Å². The molecule has 4 rings (SSSR count). The molecule has 6 nitrogen and oxygen atoms in total. The van der Waals surface area contributed by atoms with Crippen molar-refractivity contribution in [1.82, 2.24) is 9.88 Å². The van der Waals surface area contributed by atoms with E-state index in [-0.39, 0.29) is 31.5 Å². The Bertz CT molecular complexity index is 1060. The van der Waals surface area contributed by atoms with Gasteiger partial charge in [0, 0.05) is 18.1 Å². The predicted molar refractivity (Wildman–Crippen MR) is 128 cm³/mol. The summed E-state index contributed by atoms with van der Waals surface area (Å²) in [6.07, 6.45) is 0.269. The van der Waals surface area contributed by atoms with Gasteiger partial charge in [0.2, 0.25) is 12.7 Å². The Labute approximate surface area is 197 Å². The molecule has 3 aromatic rings. The zero-order valence-corrected chi connectivity index (χ0v) is 19.9. The average molecular weight is 482 g/mol. The van der Waals surface area contributed by atoms with Crippen LogP contribution in [0.1, 0.15) is 19.4 Å². The zero-order valence-electron chi connectivity index (χ0n) is 17.5. The summed E-state index contributed by atoms with van der Waals surface area (Å²) in [5.41, 5.74) is 1.74. The van der Waals surface area contributed by atoms with E-state index >= 15 is 0 Å². The molecule has 0 aliphatic carbocycles. The monoisotopic (exact) mass is 481 g/mol. The SMILES string of the molecule is CCN(CC)CCN(C(=O)Cc1ccc2c(c1)OCO2)c1nc2ccc(Cl)cc2s1.Cl. The van der Waals surface area contributed by atoms with Crippen molar-refractivity contribution in [2.75, 3.05) is 37.9 Å². The molecule has 0 N–H and O–H groups in total. The molecular weight excluding hydrogens is 457 g/mol. The number of rotatable bonds is 8. The van der Waals surface area contributed by atoms with Gasteiger partial charge in [0.15, 0.2) is 16.6 Å². The highest BCUT2D eigenvalue weighted by atomic mass is 35.5. The Morgan fingerprint density at radius 2 is 1.87 bits per heavy atom. The number of carbonyl (C=O) groups excluding carboxylic acids is 1. The molecule has 31 heavy (non-hydrogen) atoms. The fourth-order valence-corrected chi connectivity index (χ4v) is 4.72. The van der Waals surface area contributed by atoms with Crippen molar-refractivity contribution in [2.24, 2.45) is 0 Å². The van der Waals surface area contributed by atoms with Crippen LogP contribution in [0.15, 0.2) is 36.4 Å². The van der Waals surface area contributed by atoms with Gasteiger partial charge in [-0.2, -0.15) is 0 Å². The van der Waals surface area contributed by atoms with Crippen molar-refractivity contribution < 1.29 is 14.3 Å². The number of nitrogens with zero attached hydrogens (tertiary/aromatic N) is 3. The highest BCUT2D eigenvalue weighted by molar-refractivity contribution is 7.22. The fraction of sp³-hybridized carbons (Fsp3) is 0.364. The smallest absolute Gasteiger partial charge is 0.233 e. The lowest BCUT2D eigenvalue weighted by Crippen LogP contribution is -2.39. The maximum Gasteiger partial charge on any atom is 0.233 e. The maximum atomic E-state index is 13.3. The highest BCUT2D eigenvalue weighted by Crippen LogP contribution is 2.34. The van der Waals surface area contributed by atoms with E-state index in [0.717, 1.165) is 35.4 Å². The van der Waals surface area contributed by atoms with E-state index in [1.807, 2.05) is 36.4 Å². The number of hydrogen-bond acceptors (Lipinski definition) is 6. The molecule has 0 saturated heterocycles. The molecule has 166 valence electrons. The van der Waals surface area contributed by atoms with Gasteiger partial charge in [-0.15, -0.1) is 12.4 Å². The molecule has 0 unspecified atom stereocenters. The van der Waals surface area contributed by atoms with Gasteiger partial charge in [0.1, 0.15) is 0 Å². The van der Waals surface area contributed by atoms with Crippen LogP contribution in [0.3, 0.4) is 0 Å². The molecule has 1 amide bonds. The first-order valence-electron chi connectivity index (χ1n) is 10.0. The molecule has 1 aromatic heterocycles. The van der Waals surface area contributed by atoms with Crippen molar-refractivity contribution in [3.8, 4) is 11.5 Å². The minimum Gasteiger partial charge on any atom is -0.454 e. The number of hydrogen-bond donors (Lipinski definition) is 0. The first-order chi connectivity index (χ1) is 14.6. The highest BCUT2D eigenvalue weighted by Gasteiger charge is 2.22. The van der Waals surface area contributed by atoms with Gasteiger partial charge in [-0.05, 0) is 49.0 Å². The first kappa shape index (κ1) is 23.6. The van der Waals surface area contributed by atoms with Crippen LogP contribution in [0.25, 0.3) is 10.2 Å². The topological polar surface area (TPSA) is 54.9 Å². The van der Waals surface area contributed by atoms with Gasteiger partial charge in [0.05, 0.1) is 16.6 Å². The molecule has 2 heterocycles. The van der Waals surface area contributed by atoms with Crippen molar-refractivity contribution >= 4 is 56.6 Å². The lowest BCUT2D eigenvalue weighted by atomic mass is 10.1. The third-order valence-electron chi connectivity index (χ3n) is 5.20. The van der Waals surface area contributed by atoms with E-state index in [4.69, 9.17) is 26.1 Å². The molecule has 0 atom stereocenters. The van der Waals surface area contributed by atoms with Crippen molar-refractivity contribution in [2.45, 2.75) is 20.3 Å². The molecule has 2 aromatic carbocycles. The van der Waals surface area contributed by atoms with Crippen molar-refractivity contribution in [3.05, 3.63) is 47.0 Å². The minimum atomic E-state index is 0. The zero-order chi connectivity index (χ0) is 21.1. The van der Waals surface area contributed by atoms with Crippen LogP contribution in [0.2, 0.25) is 5.02 Å². The summed E-state index contributed by atoms with van der Waals surface area (Å²) in [5, 5.41) is 1.37. The number of thiazole rings is 1. The van der Waals surface area contributed by atoms with Gasteiger partial charge in [-0.1, -0.05) is 42.9 Å². The Hall–Kier alpha value is -2.06. The fourth-order valence-electron chi connectivity index (χ4n) is 3.43. The summed E-state index contributed by atoms with van der Waals surface area (Å²) >= 11 is 7.63. The van der Waals surface area contributed by atoms with Crippen LogP contribution in [-0.4, -0.2) is 48.8 Å². The second-order valence-corrected chi connectivity index (χ2v) is 8.49. The van der Waals surface area contributed by atoms with E-state index in [1.54, 1.807) is 4.90 Å². The maximum absolute atomic E-state index is 13.3. The van der Waals surface area contributed by atoms with E-state index in [9.17, 15) is 4.79 Å². The third kappa shape index (κ3) is 5.41. The molecular formula is C22H25Cl2N3O3S. The molecule has 0 radical (unpaired) electrons. The number of benzene rings is 2. The van der Waals surface area contributed by atoms with Gasteiger partial charge < -0.3 is 14.4 Å². The van der Waals surface area contributed by atoms with Gasteiger partial charge in [-0.3, -0.25) is 9.69 Å². The quantitative estimate of drug-likeness (QED) is 0.452. The molecule has 0 saturated carbocycles. The van der Waals surface area contributed by atoms with E-state index in [0.29, 0.717) is 28.2 Å². The van der Waals surface area contributed by atoms with Crippen molar-refractivity contribution in [3.63, 3.8) is 0 Å². The number of ether oxygens (including phenoxy) is 2. The van der Waals surface area contributed by atoms with E-state index in [2.05, 4.69) is 18.7 Å². The first-order valence-corrected chi connectivity index (χ1v) is 11.2. The summed E-state index contributed by atoms with van der Waals surface area (Å²) in [5.74, 6) is 1.41. The van der Waals surface area contributed by atoms with Crippen molar-refractivity contribution in [1.29, 1.82) is 0 Å². The molecule has 0 bridgehead atoms.